The number of anilines is 1. The molecule has 1 aromatic heterocycles. The molecule has 5 heteroatoms. The second-order valence-corrected chi connectivity index (χ2v) is 4.92. The summed E-state index contributed by atoms with van der Waals surface area (Å²) < 4.78 is 1.80. The van der Waals surface area contributed by atoms with Gasteiger partial charge < -0.3 is 15.2 Å². The van der Waals surface area contributed by atoms with Crippen LogP contribution in [0.5, 0.6) is 0 Å². The summed E-state index contributed by atoms with van der Waals surface area (Å²) in [7, 11) is 1.90. The number of nitrogens with zero attached hydrogens (tertiary/aromatic N) is 3. The van der Waals surface area contributed by atoms with Gasteiger partial charge in [0.2, 0.25) is 0 Å². The Morgan fingerprint density at radius 3 is 2.94 bits per heavy atom. The fraction of sp³-hybridized carbons (Fsp3) is 0.667. The van der Waals surface area contributed by atoms with Gasteiger partial charge in [-0.25, -0.2) is 4.98 Å². The normalized spacial score (nSPS) is 16.9. The van der Waals surface area contributed by atoms with Crippen LogP contribution in [0.1, 0.15) is 25.8 Å². The molecule has 0 aliphatic heterocycles. The second kappa shape index (κ2) is 4.87. The first-order valence-corrected chi connectivity index (χ1v) is 6.11. The van der Waals surface area contributed by atoms with Crippen LogP contribution < -0.4 is 16.2 Å². The third kappa shape index (κ3) is 2.66. The van der Waals surface area contributed by atoms with E-state index in [-0.39, 0.29) is 5.56 Å². The van der Waals surface area contributed by atoms with E-state index in [0.29, 0.717) is 24.3 Å². The van der Waals surface area contributed by atoms with Crippen molar-refractivity contribution in [2.24, 2.45) is 11.7 Å². The Labute approximate surface area is 101 Å². The Bertz CT molecular complexity index is 438. The lowest BCUT2D eigenvalue weighted by Gasteiger charge is -2.21. The minimum absolute atomic E-state index is 0.0155. The second-order valence-electron chi connectivity index (χ2n) is 4.92. The van der Waals surface area contributed by atoms with Crippen molar-refractivity contribution >= 4 is 5.82 Å². The summed E-state index contributed by atoms with van der Waals surface area (Å²) in [5.41, 5.74) is 5.61. The van der Waals surface area contributed by atoms with Gasteiger partial charge >= 0.3 is 0 Å². The van der Waals surface area contributed by atoms with Gasteiger partial charge in [0.25, 0.3) is 5.56 Å². The lowest BCUT2D eigenvalue weighted by atomic mass is 10.2. The summed E-state index contributed by atoms with van der Waals surface area (Å²) in [5.74, 6) is 0.885. The first-order chi connectivity index (χ1) is 8.13. The summed E-state index contributed by atoms with van der Waals surface area (Å²) in [5, 5.41) is 0. The molecule has 1 saturated carbocycles. The van der Waals surface area contributed by atoms with Crippen molar-refractivity contribution in [3.05, 3.63) is 22.7 Å². The van der Waals surface area contributed by atoms with Gasteiger partial charge in [0.05, 0.1) is 0 Å². The maximum absolute atomic E-state index is 12.2. The highest BCUT2D eigenvalue weighted by Crippen LogP contribution is 2.33. The molecular formula is C12H20N4O. The van der Waals surface area contributed by atoms with Gasteiger partial charge in [-0.2, -0.15) is 0 Å². The average Bonchev–Trinajstić information content (AvgIpc) is 3.13. The van der Waals surface area contributed by atoms with Crippen LogP contribution in [0.15, 0.2) is 17.2 Å². The van der Waals surface area contributed by atoms with Crippen LogP contribution in [0.3, 0.4) is 0 Å². The quantitative estimate of drug-likeness (QED) is 0.813. The molecule has 2 rings (SSSR count). The maximum Gasteiger partial charge on any atom is 0.293 e. The van der Waals surface area contributed by atoms with Gasteiger partial charge in [-0.15, -0.1) is 0 Å². The molecule has 5 nitrogen and oxygen atoms in total. The van der Waals surface area contributed by atoms with Gasteiger partial charge in [0.1, 0.15) is 0 Å². The highest BCUT2D eigenvalue weighted by molar-refractivity contribution is 5.34. The largest absolute Gasteiger partial charge is 0.355 e. The zero-order chi connectivity index (χ0) is 12.4. The molecule has 0 radical (unpaired) electrons. The summed E-state index contributed by atoms with van der Waals surface area (Å²) in [4.78, 5) is 18.3. The smallest absolute Gasteiger partial charge is 0.293 e. The van der Waals surface area contributed by atoms with Gasteiger partial charge in [0, 0.05) is 32.0 Å². The van der Waals surface area contributed by atoms with Crippen LogP contribution in [0, 0.1) is 5.92 Å². The molecule has 1 heterocycles. The van der Waals surface area contributed by atoms with Crippen LogP contribution in [-0.4, -0.2) is 29.7 Å². The molecule has 0 saturated heterocycles. The summed E-state index contributed by atoms with van der Waals surface area (Å²) in [6.07, 6.45) is 5.70. The summed E-state index contributed by atoms with van der Waals surface area (Å²) in [6, 6.07) is 0.393. The zero-order valence-corrected chi connectivity index (χ0v) is 10.5. The predicted molar refractivity (Wildman–Crippen MR) is 68.3 cm³/mol. The average molecular weight is 236 g/mol. The van der Waals surface area contributed by atoms with Crippen molar-refractivity contribution < 1.29 is 0 Å². The Balaban J connectivity index is 2.20. The number of rotatable bonds is 5. The minimum atomic E-state index is 0.0155. The van der Waals surface area contributed by atoms with Crippen molar-refractivity contribution in [3.63, 3.8) is 0 Å². The number of hydrogen-bond acceptors (Lipinski definition) is 4. The van der Waals surface area contributed by atoms with Crippen molar-refractivity contribution in [3.8, 4) is 0 Å². The van der Waals surface area contributed by atoms with E-state index in [0.717, 1.165) is 19.4 Å². The fourth-order valence-corrected chi connectivity index (χ4v) is 1.94. The van der Waals surface area contributed by atoms with Crippen molar-refractivity contribution in [2.75, 3.05) is 25.0 Å². The van der Waals surface area contributed by atoms with Crippen LogP contribution in [0.4, 0.5) is 5.82 Å². The van der Waals surface area contributed by atoms with Crippen LogP contribution in [-0.2, 0) is 0 Å². The monoisotopic (exact) mass is 236 g/mol. The van der Waals surface area contributed by atoms with Gasteiger partial charge in [-0.05, 0) is 25.3 Å². The van der Waals surface area contributed by atoms with Gasteiger partial charge in [-0.3, -0.25) is 4.79 Å². The lowest BCUT2D eigenvalue weighted by molar-refractivity contribution is 0.582. The standard InChI is InChI=1S/C12H20N4O/c1-9(7-13)8-15(2)11-12(17)16(6-5-14-11)10-3-4-10/h5-6,9-10H,3-4,7-8,13H2,1-2H3. The van der Waals surface area contributed by atoms with Crippen LogP contribution >= 0.6 is 0 Å². The molecule has 0 bridgehead atoms. The molecule has 1 aliphatic rings. The van der Waals surface area contributed by atoms with Crippen LogP contribution in [0.2, 0.25) is 0 Å². The van der Waals surface area contributed by atoms with E-state index in [1.165, 1.54) is 0 Å². The Kier molecular flexibility index (Phi) is 3.47. The SMILES string of the molecule is CC(CN)CN(C)c1nccn(C2CC2)c1=O. The molecule has 1 unspecified atom stereocenters. The fourth-order valence-electron chi connectivity index (χ4n) is 1.94. The molecule has 0 aromatic carbocycles. The Hall–Kier alpha value is -1.36. The number of hydrogen-bond donors (Lipinski definition) is 1. The highest BCUT2D eigenvalue weighted by atomic mass is 16.1. The summed E-state index contributed by atoms with van der Waals surface area (Å²) >= 11 is 0. The third-order valence-corrected chi connectivity index (χ3v) is 3.14. The zero-order valence-electron chi connectivity index (χ0n) is 10.5. The van der Waals surface area contributed by atoms with Gasteiger partial charge in [-0.1, -0.05) is 6.92 Å². The predicted octanol–water partition coefficient (Wildman–Crippen LogP) is 0.609. The molecular weight excluding hydrogens is 216 g/mol. The molecule has 0 spiro atoms. The molecule has 1 aliphatic carbocycles. The molecule has 17 heavy (non-hydrogen) atoms. The van der Waals surface area contributed by atoms with Gasteiger partial charge in [0.15, 0.2) is 5.82 Å². The first-order valence-electron chi connectivity index (χ1n) is 6.11. The Morgan fingerprint density at radius 2 is 2.35 bits per heavy atom. The first kappa shape index (κ1) is 12.1. The van der Waals surface area contributed by atoms with E-state index >= 15 is 0 Å². The molecule has 0 amide bonds. The summed E-state index contributed by atoms with van der Waals surface area (Å²) in [6.45, 7) is 3.44. The molecule has 94 valence electrons. The van der Waals surface area contributed by atoms with Crippen LogP contribution in [0.25, 0.3) is 0 Å². The lowest BCUT2D eigenvalue weighted by Crippen LogP contribution is -2.34. The number of aromatic nitrogens is 2. The Morgan fingerprint density at radius 1 is 1.65 bits per heavy atom. The van der Waals surface area contributed by atoms with E-state index in [1.807, 2.05) is 11.9 Å². The highest BCUT2D eigenvalue weighted by Gasteiger charge is 2.25. The van der Waals surface area contributed by atoms with Crippen molar-refractivity contribution in [2.45, 2.75) is 25.8 Å². The minimum Gasteiger partial charge on any atom is -0.355 e. The molecule has 1 aromatic rings. The number of nitrogens with two attached hydrogens (primary N) is 1. The molecule has 1 atom stereocenters. The molecule has 1 fully saturated rings. The van der Waals surface area contributed by atoms with E-state index in [1.54, 1.807) is 17.0 Å². The van der Waals surface area contributed by atoms with E-state index < -0.39 is 0 Å². The van der Waals surface area contributed by atoms with Crippen molar-refractivity contribution in [1.29, 1.82) is 0 Å². The van der Waals surface area contributed by atoms with E-state index in [9.17, 15) is 4.79 Å². The van der Waals surface area contributed by atoms with Crippen molar-refractivity contribution in [1.82, 2.24) is 9.55 Å². The topological polar surface area (TPSA) is 64.2 Å². The van der Waals surface area contributed by atoms with E-state index in [4.69, 9.17) is 5.73 Å². The maximum atomic E-state index is 12.2. The van der Waals surface area contributed by atoms with E-state index in [2.05, 4.69) is 11.9 Å². The molecule has 2 N–H and O–H groups in total. The third-order valence-electron chi connectivity index (χ3n) is 3.14.